The van der Waals surface area contributed by atoms with Gasteiger partial charge in [0.05, 0.1) is 0 Å². The molecule has 24 heavy (non-hydrogen) atoms. The van der Waals surface area contributed by atoms with E-state index in [0.29, 0.717) is 32.1 Å². The summed E-state index contributed by atoms with van der Waals surface area (Å²) >= 11 is 0.472. The van der Waals surface area contributed by atoms with Crippen LogP contribution in [0, 0.1) is 7.43 Å². The minimum absolute atomic E-state index is 0. The van der Waals surface area contributed by atoms with Crippen LogP contribution in [0.3, 0.4) is 0 Å². The zero-order valence-electron chi connectivity index (χ0n) is 13.5. The molecule has 6 heteroatoms. The second kappa shape index (κ2) is 13.4. The summed E-state index contributed by atoms with van der Waals surface area (Å²) < 4.78 is 8.31. The van der Waals surface area contributed by atoms with Crippen molar-refractivity contribution in [2.75, 3.05) is 13.1 Å². The van der Waals surface area contributed by atoms with Gasteiger partial charge < -0.3 is 17.6 Å². The van der Waals surface area contributed by atoms with Gasteiger partial charge in [-0.2, -0.15) is 0 Å². The summed E-state index contributed by atoms with van der Waals surface area (Å²) in [6.45, 7) is 1.29. The fourth-order valence-electron chi connectivity index (χ4n) is 1.77. The van der Waals surface area contributed by atoms with Crippen LogP contribution in [0.25, 0.3) is 0 Å². The van der Waals surface area contributed by atoms with Crippen LogP contribution in [-0.4, -0.2) is 35.7 Å². The summed E-state index contributed by atoms with van der Waals surface area (Å²) in [6, 6.07) is 14.2. The van der Waals surface area contributed by atoms with Crippen molar-refractivity contribution >= 4 is 12.4 Å². The number of para-hydroxylation sites is 2. The number of nitrogens with zero attached hydrogens (tertiary/aromatic N) is 2. The number of aromatic hydroxyl groups is 2. The first kappa shape index (κ1) is 22.0. The molecular formula is C18H21N2O3Re. The number of phenols is 2. The van der Waals surface area contributed by atoms with Crippen LogP contribution in [0.4, 0.5) is 0 Å². The van der Waals surface area contributed by atoms with Crippen LogP contribution in [0.5, 0.6) is 11.5 Å². The average molecular weight is 500 g/mol. The van der Waals surface area contributed by atoms with E-state index in [0.717, 1.165) is 17.5 Å². The Bertz CT molecular complexity index is 629. The normalized spacial score (nSPS) is 10.1. The Morgan fingerprint density at radius 3 is 1.54 bits per heavy atom. The van der Waals surface area contributed by atoms with Gasteiger partial charge in [-0.05, 0) is 30.7 Å². The third-order valence-corrected chi connectivity index (χ3v) is 2.91. The molecular weight excluding hydrogens is 478 g/mol. The van der Waals surface area contributed by atoms with Crippen LogP contribution in [0.15, 0.2) is 58.5 Å². The van der Waals surface area contributed by atoms with E-state index in [-0.39, 0.29) is 18.9 Å². The summed E-state index contributed by atoms with van der Waals surface area (Å²) in [7, 11) is 0. The van der Waals surface area contributed by atoms with E-state index in [4.69, 9.17) is 3.29 Å². The molecule has 2 N–H and O–H groups in total. The van der Waals surface area contributed by atoms with Gasteiger partial charge in [-0.25, -0.2) is 0 Å². The molecule has 2 aromatic rings. The van der Waals surface area contributed by atoms with Gasteiger partial charge >= 0.3 is 22.3 Å². The number of hydrogen-bond donors (Lipinski definition) is 2. The number of phenolic OH excluding ortho intramolecular Hbond substituents is 2. The fraction of sp³-hybridized carbons (Fsp3) is 0.167. The molecule has 0 aromatic heterocycles. The van der Waals surface area contributed by atoms with Crippen LogP contribution in [0.2, 0.25) is 0 Å². The number of benzene rings is 2. The molecule has 5 nitrogen and oxygen atoms in total. The maximum absolute atomic E-state index is 9.56. The minimum atomic E-state index is 0. The van der Waals surface area contributed by atoms with Gasteiger partial charge in [0, 0.05) is 36.6 Å². The topological polar surface area (TPSA) is 85.1 Å². The first-order valence-corrected chi connectivity index (χ1v) is 8.09. The van der Waals surface area contributed by atoms with E-state index < -0.39 is 0 Å². The second-order valence-corrected chi connectivity index (χ2v) is 4.54. The molecule has 0 aliphatic rings. The van der Waals surface area contributed by atoms with Gasteiger partial charge in [0.25, 0.3) is 0 Å². The van der Waals surface area contributed by atoms with Crippen molar-refractivity contribution in [3.63, 3.8) is 0 Å². The van der Waals surface area contributed by atoms with Crippen LogP contribution in [0.1, 0.15) is 17.5 Å². The Balaban J connectivity index is 0.00000170. The van der Waals surface area contributed by atoms with Crippen molar-refractivity contribution in [1.82, 2.24) is 0 Å². The summed E-state index contributed by atoms with van der Waals surface area (Å²) in [4.78, 5) is 8.51. The van der Waals surface area contributed by atoms with E-state index in [1.807, 2.05) is 24.3 Å². The number of hydrogen-bond acceptors (Lipinski definition) is 4. The molecule has 0 saturated heterocycles. The molecule has 0 spiro atoms. The van der Waals surface area contributed by atoms with Gasteiger partial charge in [-0.15, -0.1) is 0 Å². The van der Waals surface area contributed by atoms with Gasteiger partial charge in [0.1, 0.15) is 11.5 Å². The SMILES string of the molecule is Oc1ccccc1C=NCCCN=Cc1ccccc1O.[CH3-].[O+]#[Re]. The van der Waals surface area contributed by atoms with Crippen molar-refractivity contribution in [2.45, 2.75) is 6.42 Å². The number of rotatable bonds is 6. The van der Waals surface area contributed by atoms with Crippen LogP contribution >= 0.6 is 0 Å². The van der Waals surface area contributed by atoms with Gasteiger partial charge in [-0.3, -0.25) is 9.98 Å². The van der Waals surface area contributed by atoms with Crippen molar-refractivity contribution in [3.05, 3.63) is 67.1 Å². The second-order valence-electron chi connectivity index (χ2n) is 4.54. The van der Waals surface area contributed by atoms with Crippen molar-refractivity contribution < 1.29 is 32.5 Å². The first-order chi connectivity index (χ1) is 11.3. The molecule has 0 aliphatic carbocycles. The molecule has 2 rings (SSSR count). The molecule has 0 radical (unpaired) electrons. The summed E-state index contributed by atoms with van der Waals surface area (Å²) in [5.41, 5.74) is 1.44. The third-order valence-electron chi connectivity index (χ3n) is 2.91. The van der Waals surface area contributed by atoms with Gasteiger partial charge in [0.2, 0.25) is 0 Å². The molecule has 0 heterocycles. The standard InChI is InChI=1S/C17H18N2O2.CH3.O.Re/c20-16-8-3-1-6-14(16)12-18-10-5-11-19-13-15-7-2-4-9-17(15)21;;;/h1-4,6-9,12-13,20-21H,5,10-11H2;1H3;;/q;-1;+1;. The predicted octanol–water partition coefficient (Wildman–Crippen LogP) is 3.35. The van der Waals surface area contributed by atoms with E-state index in [2.05, 4.69) is 9.98 Å². The van der Waals surface area contributed by atoms with Gasteiger partial charge in [0.15, 0.2) is 0 Å². The first-order valence-electron chi connectivity index (χ1n) is 6.98. The Morgan fingerprint density at radius 1 is 0.792 bits per heavy atom. The van der Waals surface area contributed by atoms with E-state index in [1.54, 1.807) is 36.7 Å². The molecule has 0 unspecified atom stereocenters. The molecule has 0 amide bonds. The molecule has 0 aliphatic heterocycles. The molecule has 0 fully saturated rings. The van der Waals surface area contributed by atoms with Gasteiger partial charge in [-0.1, -0.05) is 24.3 Å². The summed E-state index contributed by atoms with van der Waals surface area (Å²) in [5.74, 6) is 0.470. The Morgan fingerprint density at radius 2 is 1.17 bits per heavy atom. The van der Waals surface area contributed by atoms with Crippen molar-refractivity contribution in [2.24, 2.45) is 9.98 Å². The third kappa shape index (κ3) is 8.02. The Labute approximate surface area is 153 Å². The quantitative estimate of drug-likeness (QED) is 0.277. The fourth-order valence-corrected chi connectivity index (χ4v) is 1.77. The molecule has 128 valence electrons. The summed E-state index contributed by atoms with van der Waals surface area (Å²) in [6.07, 6.45) is 4.15. The predicted molar refractivity (Wildman–Crippen MR) is 92.9 cm³/mol. The van der Waals surface area contributed by atoms with Crippen molar-refractivity contribution in [3.8, 4) is 11.5 Å². The average Bonchev–Trinajstić information content (AvgIpc) is 2.59. The molecule has 0 atom stereocenters. The molecule has 0 saturated carbocycles. The van der Waals surface area contributed by atoms with E-state index in [1.165, 1.54) is 0 Å². The number of aliphatic imine (C=N–C) groups is 2. The molecule has 2 aromatic carbocycles. The summed E-state index contributed by atoms with van der Waals surface area (Å²) in [5, 5.41) is 19.1. The van der Waals surface area contributed by atoms with E-state index in [9.17, 15) is 10.2 Å². The van der Waals surface area contributed by atoms with Crippen LogP contribution < -0.4 is 0 Å². The Hall–Kier alpha value is -2.00. The van der Waals surface area contributed by atoms with Crippen LogP contribution in [-0.2, 0) is 22.3 Å². The molecule has 0 bridgehead atoms. The van der Waals surface area contributed by atoms with Crippen molar-refractivity contribution in [1.29, 1.82) is 0 Å². The zero-order valence-corrected chi connectivity index (χ0v) is 16.2. The Kier molecular flexibility index (Phi) is 12.3. The monoisotopic (exact) mass is 500 g/mol. The maximum atomic E-state index is 9.56. The van der Waals surface area contributed by atoms with E-state index >= 15 is 0 Å². The zero-order chi connectivity index (χ0) is 16.9.